The molecule has 6 nitrogen and oxygen atoms in total. The lowest BCUT2D eigenvalue weighted by Gasteiger charge is -2.26. The molecule has 3 rings (SSSR count). The normalized spacial score (nSPS) is 16.2. The molecule has 1 aromatic heterocycles. The van der Waals surface area contributed by atoms with Crippen LogP contribution >= 0.6 is 0 Å². The van der Waals surface area contributed by atoms with Crippen LogP contribution in [0, 0.1) is 6.92 Å². The van der Waals surface area contributed by atoms with Gasteiger partial charge >= 0.3 is 0 Å². The van der Waals surface area contributed by atoms with Crippen LogP contribution in [0.1, 0.15) is 5.82 Å². The van der Waals surface area contributed by atoms with Crippen molar-refractivity contribution in [2.45, 2.75) is 6.92 Å². The van der Waals surface area contributed by atoms with Crippen molar-refractivity contribution in [1.29, 1.82) is 0 Å². The zero-order chi connectivity index (χ0) is 14.7. The molecular formula is C15H20N4O2. The summed E-state index contributed by atoms with van der Waals surface area (Å²) < 4.78 is 5.33. The van der Waals surface area contributed by atoms with Gasteiger partial charge in [0, 0.05) is 31.9 Å². The van der Waals surface area contributed by atoms with Crippen molar-refractivity contribution in [3.05, 3.63) is 34.4 Å². The quantitative estimate of drug-likeness (QED) is 0.877. The first-order valence-electron chi connectivity index (χ1n) is 7.27. The summed E-state index contributed by atoms with van der Waals surface area (Å²) in [4.78, 5) is 21.4. The van der Waals surface area contributed by atoms with Gasteiger partial charge in [-0.2, -0.15) is 0 Å². The van der Waals surface area contributed by atoms with Crippen LogP contribution in [0.25, 0.3) is 10.9 Å². The highest BCUT2D eigenvalue weighted by Crippen LogP contribution is 2.14. The number of hydrogen-bond acceptors (Lipinski definition) is 5. The summed E-state index contributed by atoms with van der Waals surface area (Å²) in [6.07, 6.45) is 0. The van der Waals surface area contributed by atoms with E-state index >= 15 is 0 Å². The van der Waals surface area contributed by atoms with E-state index in [-0.39, 0.29) is 5.56 Å². The summed E-state index contributed by atoms with van der Waals surface area (Å²) in [6.45, 7) is 7.22. The van der Waals surface area contributed by atoms with Crippen LogP contribution in [0.3, 0.4) is 0 Å². The number of aromatic nitrogens is 2. The van der Waals surface area contributed by atoms with E-state index in [0.29, 0.717) is 11.2 Å². The predicted octanol–water partition coefficient (Wildman–Crippen LogP) is 0.976. The summed E-state index contributed by atoms with van der Waals surface area (Å²) in [5, 5.41) is 3.99. The Bertz CT molecular complexity index is 677. The second kappa shape index (κ2) is 6.24. The summed E-state index contributed by atoms with van der Waals surface area (Å²) in [5.74, 6) is 0.639. The fraction of sp³-hybridized carbons (Fsp3) is 0.467. The minimum Gasteiger partial charge on any atom is -0.384 e. The number of anilines is 1. The van der Waals surface area contributed by atoms with Gasteiger partial charge in [-0.15, -0.1) is 0 Å². The van der Waals surface area contributed by atoms with E-state index in [0.717, 1.165) is 50.6 Å². The maximum atomic E-state index is 11.9. The molecule has 1 fully saturated rings. The largest absolute Gasteiger partial charge is 0.384 e. The lowest BCUT2D eigenvalue weighted by Crippen LogP contribution is -2.39. The molecule has 2 aromatic rings. The van der Waals surface area contributed by atoms with E-state index in [1.54, 1.807) is 6.92 Å². The van der Waals surface area contributed by atoms with E-state index in [1.807, 2.05) is 18.2 Å². The monoisotopic (exact) mass is 288 g/mol. The highest BCUT2D eigenvalue weighted by atomic mass is 16.5. The minimum absolute atomic E-state index is 0.0886. The third-order valence-electron chi connectivity index (χ3n) is 3.68. The smallest absolute Gasteiger partial charge is 0.258 e. The fourth-order valence-electron chi connectivity index (χ4n) is 2.55. The summed E-state index contributed by atoms with van der Waals surface area (Å²) in [7, 11) is 0. The van der Waals surface area contributed by atoms with Crippen molar-refractivity contribution in [3.63, 3.8) is 0 Å². The van der Waals surface area contributed by atoms with Crippen molar-refractivity contribution in [1.82, 2.24) is 14.9 Å². The first-order chi connectivity index (χ1) is 10.2. The van der Waals surface area contributed by atoms with Crippen molar-refractivity contribution >= 4 is 16.6 Å². The molecular weight excluding hydrogens is 268 g/mol. The lowest BCUT2D eigenvalue weighted by atomic mass is 10.2. The number of ether oxygens (including phenoxy) is 1. The number of H-pyrrole nitrogens is 1. The number of rotatable bonds is 4. The molecule has 112 valence electrons. The SMILES string of the molecule is Cc1nc2ccc(NCCN3CCOCC3)cc2c(=O)[nH]1. The molecule has 2 heterocycles. The Balaban J connectivity index is 1.65. The van der Waals surface area contributed by atoms with Gasteiger partial charge in [-0.1, -0.05) is 0 Å². The Hall–Kier alpha value is -1.92. The minimum atomic E-state index is -0.0886. The van der Waals surface area contributed by atoms with Crippen molar-refractivity contribution in [2.24, 2.45) is 0 Å². The third kappa shape index (κ3) is 3.40. The molecule has 0 atom stereocenters. The Morgan fingerprint density at radius 2 is 2.19 bits per heavy atom. The fourth-order valence-corrected chi connectivity index (χ4v) is 2.55. The zero-order valence-corrected chi connectivity index (χ0v) is 12.2. The summed E-state index contributed by atoms with van der Waals surface area (Å²) >= 11 is 0. The summed E-state index contributed by atoms with van der Waals surface area (Å²) in [6, 6.07) is 5.71. The second-order valence-corrected chi connectivity index (χ2v) is 5.26. The number of hydrogen-bond donors (Lipinski definition) is 2. The van der Waals surface area contributed by atoms with Gasteiger partial charge in [-0.3, -0.25) is 9.69 Å². The number of benzene rings is 1. The highest BCUT2D eigenvalue weighted by molar-refractivity contribution is 5.81. The van der Waals surface area contributed by atoms with Crippen LogP contribution in [0.15, 0.2) is 23.0 Å². The van der Waals surface area contributed by atoms with Gasteiger partial charge in [-0.25, -0.2) is 4.98 Å². The molecule has 21 heavy (non-hydrogen) atoms. The Kier molecular flexibility index (Phi) is 4.17. The standard InChI is InChI=1S/C15H20N4O2/c1-11-17-14-3-2-12(10-13(14)15(20)18-11)16-4-5-19-6-8-21-9-7-19/h2-3,10,16H,4-9H2,1H3,(H,17,18,20). The molecule has 2 N–H and O–H groups in total. The van der Waals surface area contributed by atoms with E-state index in [2.05, 4.69) is 20.2 Å². The molecule has 0 radical (unpaired) electrons. The predicted molar refractivity (Wildman–Crippen MR) is 82.8 cm³/mol. The average Bonchev–Trinajstić information content (AvgIpc) is 2.49. The first-order valence-corrected chi connectivity index (χ1v) is 7.27. The number of fused-ring (bicyclic) bond motifs is 1. The van der Waals surface area contributed by atoms with Crippen molar-refractivity contribution in [2.75, 3.05) is 44.7 Å². The Morgan fingerprint density at radius 1 is 1.38 bits per heavy atom. The molecule has 0 unspecified atom stereocenters. The number of morpholine rings is 1. The third-order valence-corrected chi connectivity index (χ3v) is 3.68. The number of aryl methyl sites for hydroxylation is 1. The topological polar surface area (TPSA) is 70.2 Å². The second-order valence-electron chi connectivity index (χ2n) is 5.26. The van der Waals surface area contributed by atoms with Gasteiger partial charge in [0.25, 0.3) is 5.56 Å². The zero-order valence-electron chi connectivity index (χ0n) is 12.2. The molecule has 0 bridgehead atoms. The molecule has 1 aromatic carbocycles. The molecule has 0 aliphatic carbocycles. The highest BCUT2D eigenvalue weighted by Gasteiger charge is 2.09. The van der Waals surface area contributed by atoms with E-state index < -0.39 is 0 Å². The van der Waals surface area contributed by atoms with Gasteiger partial charge < -0.3 is 15.0 Å². The van der Waals surface area contributed by atoms with Crippen LogP contribution in [0.4, 0.5) is 5.69 Å². The molecule has 0 spiro atoms. The summed E-state index contributed by atoms with van der Waals surface area (Å²) in [5.41, 5.74) is 1.59. The van der Waals surface area contributed by atoms with Crippen molar-refractivity contribution in [3.8, 4) is 0 Å². The van der Waals surface area contributed by atoms with Crippen LogP contribution in [-0.4, -0.2) is 54.3 Å². The van der Waals surface area contributed by atoms with Gasteiger partial charge in [0.1, 0.15) is 5.82 Å². The van der Waals surface area contributed by atoms with E-state index in [9.17, 15) is 4.79 Å². The van der Waals surface area contributed by atoms with Crippen LogP contribution in [0.2, 0.25) is 0 Å². The molecule has 1 saturated heterocycles. The molecule has 0 saturated carbocycles. The molecule has 6 heteroatoms. The maximum absolute atomic E-state index is 11.9. The van der Waals surface area contributed by atoms with E-state index in [1.165, 1.54) is 0 Å². The first kappa shape index (κ1) is 14.0. The van der Waals surface area contributed by atoms with Crippen LogP contribution in [0.5, 0.6) is 0 Å². The Morgan fingerprint density at radius 3 is 3.00 bits per heavy atom. The lowest BCUT2D eigenvalue weighted by molar-refractivity contribution is 0.0398. The van der Waals surface area contributed by atoms with Gasteiger partial charge in [-0.05, 0) is 25.1 Å². The maximum Gasteiger partial charge on any atom is 0.258 e. The van der Waals surface area contributed by atoms with Gasteiger partial charge in [0.15, 0.2) is 0 Å². The van der Waals surface area contributed by atoms with Crippen LogP contribution < -0.4 is 10.9 Å². The van der Waals surface area contributed by atoms with E-state index in [4.69, 9.17) is 4.74 Å². The average molecular weight is 288 g/mol. The molecule has 1 aliphatic rings. The van der Waals surface area contributed by atoms with Crippen LogP contribution in [-0.2, 0) is 4.74 Å². The Labute approximate surface area is 123 Å². The van der Waals surface area contributed by atoms with Gasteiger partial charge in [0.05, 0.1) is 24.1 Å². The molecule has 0 amide bonds. The van der Waals surface area contributed by atoms with Gasteiger partial charge in [0.2, 0.25) is 0 Å². The number of nitrogens with zero attached hydrogens (tertiary/aromatic N) is 2. The number of nitrogens with one attached hydrogen (secondary N) is 2. The molecule has 1 aliphatic heterocycles. The van der Waals surface area contributed by atoms with Crippen molar-refractivity contribution < 1.29 is 4.74 Å². The number of aromatic amines is 1.